The third-order valence-electron chi connectivity index (χ3n) is 2.35. The molecule has 0 fully saturated rings. The number of ether oxygens (including phenoxy) is 1. The van der Waals surface area contributed by atoms with E-state index < -0.39 is 11.9 Å². The zero-order valence-corrected chi connectivity index (χ0v) is 9.43. The normalized spacial score (nSPS) is 10.2. The van der Waals surface area contributed by atoms with Crippen molar-refractivity contribution in [1.82, 2.24) is 9.55 Å². The van der Waals surface area contributed by atoms with Gasteiger partial charge in [0.25, 0.3) is 0 Å². The average molecular weight is 233 g/mol. The number of methoxy groups -OCH3 is 1. The Balaban J connectivity index is 2.25. The second kappa shape index (κ2) is 4.25. The molecule has 1 heterocycles. The van der Waals surface area contributed by atoms with E-state index in [1.54, 1.807) is 18.5 Å². The number of carbonyl (C=O) groups excluding carboxylic acids is 2. The number of aromatic nitrogens is 2. The number of esters is 1. The quantitative estimate of drug-likeness (QED) is 0.580. The molecule has 0 saturated carbocycles. The number of carbonyl (C=O) groups is 2. The highest BCUT2D eigenvalue weighted by Gasteiger charge is 2.13. The summed E-state index contributed by atoms with van der Waals surface area (Å²) >= 11 is 0. The molecular formula is C11H11N3O3. The standard InChI is InChI=1S/C11H11N3O3/c1-14-6-12-8-5-7(3-4-9(8)14)13-10(15)11(16)17-2/h3-6H,1-2H3,(H,13,15). The van der Waals surface area contributed by atoms with Crippen molar-refractivity contribution in [2.45, 2.75) is 0 Å². The van der Waals surface area contributed by atoms with Gasteiger partial charge in [-0.05, 0) is 18.2 Å². The molecule has 0 aliphatic heterocycles. The molecule has 1 aromatic carbocycles. The average Bonchev–Trinajstić information content (AvgIpc) is 2.69. The van der Waals surface area contributed by atoms with Gasteiger partial charge in [0.1, 0.15) is 0 Å². The number of hydrogen-bond acceptors (Lipinski definition) is 4. The highest BCUT2D eigenvalue weighted by atomic mass is 16.5. The fourth-order valence-corrected chi connectivity index (χ4v) is 1.49. The number of hydrogen-bond donors (Lipinski definition) is 1. The van der Waals surface area contributed by atoms with Gasteiger partial charge in [-0.1, -0.05) is 0 Å². The van der Waals surface area contributed by atoms with Crippen molar-refractivity contribution in [1.29, 1.82) is 0 Å². The van der Waals surface area contributed by atoms with E-state index in [1.165, 1.54) is 0 Å². The largest absolute Gasteiger partial charge is 0.462 e. The van der Waals surface area contributed by atoms with E-state index >= 15 is 0 Å². The first-order valence-electron chi connectivity index (χ1n) is 4.92. The molecule has 0 spiro atoms. The van der Waals surface area contributed by atoms with Crippen LogP contribution in [0.25, 0.3) is 11.0 Å². The molecule has 17 heavy (non-hydrogen) atoms. The number of nitrogens with zero attached hydrogens (tertiary/aromatic N) is 2. The summed E-state index contributed by atoms with van der Waals surface area (Å²) in [5.74, 6) is -1.73. The fraction of sp³-hybridized carbons (Fsp3) is 0.182. The number of anilines is 1. The zero-order chi connectivity index (χ0) is 12.4. The summed E-state index contributed by atoms with van der Waals surface area (Å²) in [6.07, 6.45) is 1.68. The molecule has 2 rings (SSSR count). The smallest absolute Gasteiger partial charge is 0.396 e. The molecule has 2 aromatic rings. The molecule has 1 aromatic heterocycles. The van der Waals surface area contributed by atoms with Gasteiger partial charge in [0.2, 0.25) is 0 Å². The number of nitrogens with one attached hydrogen (secondary N) is 1. The van der Waals surface area contributed by atoms with E-state index in [0.717, 1.165) is 18.1 Å². The highest BCUT2D eigenvalue weighted by Crippen LogP contribution is 2.17. The van der Waals surface area contributed by atoms with Crippen molar-refractivity contribution in [2.24, 2.45) is 7.05 Å². The van der Waals surface area contributed by atoms with Crippen LogP contribution in [0.4, 0.5) is 5.69 Å². The SMILES string of the molecule is COC(=O)C(=O)Nc1ccc2c(c1)ncn2C. The molecule has 0 saturated heterocycles. The Kier molecular flexibility index (Phi) is 2.78. The Bertz CT molecular complexity index is 589. The minimum atomic E-state index is -0.925. The fourth-order valence-electron chi connectivity index (χ4n) is 1.49. The molecule has 0 aliphatic rings. The molecule has 1 N–H and O–H groups in total. The van der Waals surface area contributed by atoms with Crippen molar-refractivity contribution in [3.05, 3.63) is 24.5 Å². The van der Waals surface area contributed by atoms with Crippen LogP contribution >= 0.6 is 0 Å². The van der Waals surface area contributed by atoms with Gasteiger partial charge < -0.3 is 14.6 Å². The Labute approximate surface area is 97.2 Å². The maximum Gasteiger partial charge on any atom is 0.396 e. The number of amides is 1. The number of aryl methyl sites for hydroxylation is 1. The van der Waals surface area contributed by atoms with Gasteiger partial charge >= 0.3 is 11.9 Å². The van der Waals surface area contributed by atoms with Crippen LogP contribution in [0.5, 0.6) is 0 Å². The first-order valence-corrected chi connectivity index (χ1v) is 4.92. The lowest BCUT2D eigenvalue weighted by Crippen LogP contribution is -2.23. The third-order valence-corrected chi connectivity index (χ3v) is 2.35. The topological polar surface area (TPSA) is 73.2 Å². The first-order chi connectivity index (χ1) is 8.11. The molecule has 0 radical (unpaired) electrons. The van der Waals surface area contributed by atoms with Gasteiger partial charge in [-0.25, -0.2) is 9.78 Å². The molecule has 6 heteroatoms. The molecular weight excluding hydrogens is 222 g/mol. The van der Waals surface area contributed by atoms with Crippen molar-refractivity contribution >= 4 is 28.6 Å². The van der Waals surface area contributed by atoms with Crippen LogP contribution in [-0.2, 0) is 21.4 Å². The molecule has 0 unspecified atom stereocenters. The molecule has 1 amide bonds. The predicted molar refractivity (Wildman–Crippen MR) is 61.4 cm³/mol. The van der Waals surface area contributed by atoms with Crippen LogP contribution in [0.15, 0.2) is 24.5 Å². The summed E-state index contributed by atoms with van der Waals surface area (Å²) in [5.41, 5.74) is 2.20. The molecule has 6 nitrogen and oxygen atoms in total. The summed E-state index contributed by atoms with van der Waals surface area (Å²) in [6.45, 7) is 0. The Morgan fingerprint density at radius 3 is 2.88 bits per heavy atom. The lowest BCUT2D eigenvalue weighted by molar-refractivity contribution is -0.150. The van der Waals surface area contributed by atoms with Crippen molar-refractivity contribution in [3.63, 3.8) is 0 Å². The summed E-state index contributed by atoms with van der Waals surface area (Å²) in [7, 11) is 3.03. The van der Waals surface area contributed by atoms with Gasteiger partial charge in [-0.15, -0.1) is 0 Å². The summed E-state index contributed by atoms with van der Waals surface area (Å²) in [6, 6.07) is 5.20. The number of fused-ring (bicyclic) bond motifs is 1. The van der Waals surface area contributed by atoms with E-state index in [0.29, 0.717) is 5.69 Å². The highest BCUT2D eigenvalue weighted by molar-refractivity contribution is 6.37. The second-order valence-electron chi connectivity index (χ2n) is 3.50. The minimum Gasteiger partial charge on any atom is -0.462 e. The van der Waals surface area contributed by atoms with Crippen LogP contribution in [0.3, 0.4) is 0 Å². The van der Waals surface area contributed by atoms with Gasteiger partial charge in [0.05, 0.1) is 24.5 Å². The maximum absolute atomic E-state index is 11.3. The van der Waals surface area contributed by atoms with E-state index in [2.05, 4.69) is 15.0 Å². The number of benzene rings is 1. The van der Waals surface area contributed by atoms with E-state index in [-0.39, 0.29) is 0 Å². The van der Waals surface area contributed by atoms with Crippen LogP contribution in [0.2, 0.25) is 0 Å². The molecule has 88 valence electrons. The van der Waals surface area contributed by atoms with Crippen molar-refractivity contribution in [3.8, 4) is 0 Å². The molecule has 0 atom stereocenters. The van der Waals surface area contributed by atoms with Gasteiger partial charge in [-0.3, -0.25) is 4.79 Å². The number of rotatable bonds is 1. The van der Waals surface area contributed by atoms with Crippen molar-refractivity contribution in [2.75, 3.05) is 12.4 Å². The van der Waals surface area contributed by atoms with Crippen LogP contribution in [0.1, 0.15) is 0 Å². The third kappa shape index (κ3) is 2.10. The zero-order valence-electron chi connectivity index (χ0n) is 9.43. The first kappa shape index (κ1) is 11.1. The summed E-state index contributed by atoms with van der Waals surface area (Å²) in [5, 5.41) is 2.43. The Morgan fingerprint density at radius 1 is 1.41 bits per heavy atom. The maximum atomic E-state index is 11.3. The summed E-state index contributed by atoms with van der Waals surface area (Å²) in [4.78, 5) is 26.4. The van der Waals surface area contributed by atoms with Crippen LogP contribution < -0.4 is 5.32 Å². The van der Waals surface area contributed by atoms with Crippen LogP contribution in [-0.4, -0.2) is 28.5 Å². The monoisotopic (exact) mass is 233 g/mol. The van der Waals surface area contributed by atoms with Gasteiger partial charge in [0.15, 0.2) is 0 Å². The predicted octanol–water partition coefficient (Wildman–Crippen LogP) is 0.685. The second-order valence-corrected chi connectivity index (χ2v) is 3.50. The lowest BCUT2D eigenvalue weighted by atomic mass is 10.2. The molecule has 0 aliphatic carbocycles. The Morgan fingerprint density at radius 2 is 2.18 bits per heavy atom. The Hall–Kier alpha value is -2.37. The minimum absolute atomic E-state index is 0.506. The molecule has 0 bridgehead atoms. The van der Waals surface area contributed by atoms with E-state index in [1.807, 2.05) is 17.7 Å². The van der Waals surface area contributed by atoms with Gasteiger partial charge in [0, 0.05) is 12.7 Å². The van der Waals surface area contributed by atoms with E-state index in [4.69, 9.17) is 0 Å². The van der Waals surface area contributed by atoms with Crippen molar-refractivity contribution < 1.29 is 14.3 Å². The van der Waals surface area contributed by atoms with Gasteiger partial charge in [-0.2, -0.15) is 0 Å². The van der Waals surface area contributed by atoms with E-state index in [9.17, 15) is 9.59 Å². The lowest BCUT2D eigenvalue weighted by Gasteiger charge is -2.03. The summed E-state index contributed by atoms with van der Waals surface area (Å²) < 4.78 is 6.17. The number of imidazole rings is 1. The van der Waals surface area contributed by atoms with Crippen LogP contribution in [0, 0.1) is 0 Å².